The van der Waals surface area contributed by atoms with Crippen LogP contribution in [0.25, 0.3) is 0 Å². The number of H-pyrrole nitrogens is 2. The lowest BCUT2D eigenvalue weighted by atomic mass is 10.0. The second kappa shape index (κ2) is 38.6. The first-order valence-electron chi connectivity index (χ1n) is 25.1. The zero-order chi connectivity index (χ0) is 51.9. The van der Waals surface area contributed by atoms with Crippen LogP contribution in [0.5, 0.6) is 0 Å². The third-order valence-corrected chi connectivity index (χ3v) is 11.3. The van der Waals surface area contributed by atoms with Crippen molar-refractivity contribution in [1.82, 2.24) is 67.8 Å². The monoisotopic (exact) mass is 1000 g/mol. The molecule has 0 saturated heterocycles. The summed E-state index contributed by atoms with van der Waals surface area (Å²) < 4.78 is 10.7. The third-order valence-electron chi connectivity index (χ3n) is 11.3. The minimum Gasteiger partial charge on any atom is -0.394 e. The molecule has 0 aliphatic carbocycles. The number of aryl methyl sites for hydroxylation is 1. The van der Waals surface area contributed by atoms with Gasteiger partial charge in [0.2, 0.25) is 47.3 Å². The molecule has 12 N–H and O–H groups in total. The van der Waals surface area contributed by atoms with Crippen LogP contribution in [0.1, 0.15) is 140 Å². The average Bonchev–Trinajstić information content (AvgIpc) is 4.09. The molecule has 2 aromatic rings. The van der Waals surface area contributed by atoms with E-state index in [-0.39, 0.29) is 45.0 Å². The number of hydrogen-bond acceptors (Lipinski definition) is 15. The van der Waals surface area contributed by atoms with Crippen molar-refractivity contribution in [3.63, 3.8) is 0 Å². The number of likely N-dealkylation sites (N-methyl/N-ethyl adjacent to an activating group) is 1. The molecule has 71 heavy (non-hydrogen) atoms. The number of aromatic nitrogens is 6. The number of carbonyl (C=O) groups is 8. The smallest absolute Gasteiger partial charge is 0.246 e. The maximum Gasteiger partial charge on any atom is 0.246 e. The van der Waals surface area contributed by atoms with Gasteiger partial charge < -0.3 is 62.5 Å². The van der Waals surface area contributed by atoms with E-state index in [9.17, 15) is 43.5 Å². The Labute approximate surface area is 416 Å². The van der Waals surface area contributed by atoms with Crippen LogP contribution in [0.4, 0.5) is 0 Å². The molecule has 2 heterocycles. The molecule has 400 valence electrons. The zero-order valence-electron chi connectivity index (χ0n) is 41.7. The molecule has 0 aromatic carbocycles. The highest BCUT2D eigenvalue weighted by molar-refractivity contribution is 5.96. The van der Waals surface area contributed by atoms with E-state index in [1.165, 1.54) is 77.4 Å². The number of imidazole rings is 1. The van der Waals surface area contributed by atoms with Gasteiger partial charge in [0.25, 0.3) is 0 Å². The van der Waals surface area contributed by atoms with Gasteiger partial charge in [-0.25, -0.2) is 10.1 Å². The standard InChI is InChI=1S/C46H80N14O11/c1-3-4-18-34(43(66)48-2)54-45(68)36(27-33-28-49-32-52-33)56-44(67)35(21-22-38(47)62)55-46(69)37(30-61)53-41(64)29-51-42(65)31-71-26-25-70-24-23-50-40(63)20-17-15-13-11-9-7-5-6-8-10-12-14-16-19-39-57-59-60-58-39/h28,32,34-37,61H,3-27,29-31H2,1-2H3,(H2,47,62)(H,48,66)(H,49,52)(H,50,63)(H,51,65)(H,53,64)(H,54,68)(H,55,69)(H,56,67)(H,57,58,59,60)/t34-,35-,36-,37-/m0/s1. The predicted molar refractivity (Wildman–Crippen MR) is 259 cm³/mol. The summed E-state index contributed by atoms with van der Waals surface area (Å²) in [6, 6.07) is -5.22. The van der Waals surface area contributed by atoms with Crippen molar-refractivity contribution in [3.05, 3.63) is 24.0 Å². The van der Waals surface area contributed by atoms with Crippen LogP contribution in [-0.2, 0) is 60.7 Å². The van der Waals surface area contributed by atoms with Gasteiger partial charge in [-0.1, -0.05) is 90.4 Å². The lowest BCUT2D eigenvalue weighted by Gasteiger charge is -2.26. The van der Waals surface area contributed by atoms with Gasteiger partial charge in [-0.3, -0.25) is 38.4 Å². The molecule has 25 nitrogen and oxygen atoms in total. The molecule has 0 spiro atoms. The number of unbranched alkanes of at least 4 members (excludes halogenated alkanes) is 13. The number of nitrogens with one attached hydrogen (secondary N) is 9. The number of primary amides is 1. The fourth-order valence-corrected chi connectivity index (χ4v) is 7.26. The molecule has 0 saturated carbocycles. The Morgan fingerprint density at radius 3 is 1.86 bits per heavy atom. The van der Waals surface area contributed by atoms with Crippen molar-refractivity contribution in [2.45, 2.75) is 166 Å². The quantitative estimate of drug-likeness (QED) is 0.0376. The highest BCUT2D eigenvalue weighted by Gasteiger charge is 2.32. The van der Waals surface area contributed by atoms with Crippen LogP contribution in [-0.4, -0.2) is 160 Å². The first-order valence-corrected chi connectivity index (χ1v) is 25.1. The van der Waals surface area contributed by atoms with Crippen molar-refractivity contribution in [3.8, 4) is 0 Å². The summed E-state index contributed by atoms with van der Waals surface area (Å²) in [5, 5.41) is 41.4. The van der Waals surface area contributed by atoms with Crippen LogP contribution in [0, 0.1) is 0 Å². The Bertz CT molecular complexity index is 1820. The predicted octanol–water partition coefficient (Wildman–Crippen LogP) is -0.432. The van der Waals surface area contributed by atoms with Crippen molar-refractivity contribution < 1.29 is 52.9 Å². The van der Waals surface area contributed by atoms with E-state index in [1.807, 2.05) is 6.92 Å². The summed E-state index contributed by atoms with van der Waals surface area (Å²) in [5.74, 6) is -4.50. The number of tetrazole rings is 1. The lowest BCUT2D eigenvalue weighted by molar-refractivity contribution is -0.135. The van der Waals surface area contributed by atoms with Crippen LogP contribution in [0.3, 0.4) is 0 Å². The van der Waals surface area contributed by atoms with E-state index >= 15 is 0 Å². The number of rotatable bonds is 43. The number of aliphatic hydroxyl groups is 1. The number of nitrogens with zero attached hydrogens (tertiary/aromatic N) is 4. The van der Waals surface area contributed by atoms with Gasteiger partial charge in [0.15, 0.2) is 0 Å². The number of aliphatic hydroxyl groups excluding tert-OH is 1. The Morgan fingerprint density at radius 2 is 1.27 bits per heavy atom. The minimum absolute atomic E-state index is 0.0235. The molecule has 2 aromatic heterocycles. The fraction of sp³-hybridized carbons (Fsp3) is 0.739. The number of ether oxygens (including phenoxy) is 2. The molecular formula is C46H80N14O11. The van der Waals surface area contributed by atoms with E-state index in [4.69, 9.17) is 15.2 Å². The van der Waals surface area contributed by atoms with Crippen molar-refractivity contribution in [2.75, 3.05) is 53.2 Å². The normalized spacial score (nSPS) is 12.7. The summed E-state index contributed by atoms with van der Waals surface area (Å²) in [7, 11) is 1.43. The van der Waals surface area contributed by atoms with E-state index < -0.39 is 85.3 Å². The van der Waals surface area contributed by atoms with Gasteiger partial charge >= 0.3 is 0 Å². The van der Waals surface area contributed by atoms with Crippen molar-refractivity contribution in [2.24, 2.45) is 5.73 Å². The minimum atomic E-state index is -1.58. The van der Waals surface area contributed by atoms with E-state index in [1.54, 1.807) is 0 Å². The van der Waals surface area contributed by atoms with Gasteiger partial charge in [0.1, 0.15) is 36.6 Å². The summed E-state index contributed by atoms with van der Waals surface area (Å²) in [5.41, 5.74) is 5.72. The largest absolute Gasteiger partial charge is 0.394 e. The van der Waals surface area contributed by atoms with Crippen LogP contribution in [0.15, 0.2) is 12.5 Å². The van der Waals surface area contributed by atoms with E-state index in [2.05, 4.69) is 67.8 Å². The lowest BCUT2D eigenvalue weighted by Crippen LogP contribution is -2.59. The molecule has 0 radical (unpaired) electrons. The topological polar surface area (TPSA) is 369 Å². The summed E-state index contributed by atoms with van der Waals surface area (Å²) in [6.45, 7) is 0.882. The van der Waals surface area contributed by atoms with Crippen LogP contribution in [0.2, 0.25) is 0 Å². The number of nitrogens with two attached hydrogens (primary N) is 1. The highest BCUT2D eigenvalue weighted by atomic mass is 16.5. The van der Waals surface area contributed by atoms with Crippen molar-refractivity contribution >= 4 is 47.3 Å². The summed E-state index contributed by atoms with van der Waals surface area (Å²) in [6.07, 6.45) is 20.6. The molecule has 4 atom stereocenters. The number of aromatic amines is 2. The molecule has 2 rings (SSSR count). The van der Waals surface area contributed by atoms with Crippen molar-refractivity contribution in [1.29, 1.82) is 0 Å². The maximum absolute atomic E-state index is 13.6. The molecule has 0 aliphatic rings. The van der Waals surface area contributed by atoms with Gasteiger partial charge in [-0.2, -0.15) is 0 Å². The fourth-order valence-electron chi connectivity index (χ4n) is 7.26. The molecule has 8 amide bonds. The SMILES string of the molecule is CCCC[C@H](NC(=O)[C@H](Cc1c[nH]cn1)NC(=O)[C@H](CCC(N)=O)NC(=O)[C@H](CO)NC(=O)CNC(=O)COCCOCCNC(=O)CCCCCCCCCCCCCCCc1nnn[nH]1)C(=O)NC. The maximum atomic E-state index is 13.6. The van der Waals surface area contributed by atoms with Gasteiger partial charge in [0, 0.05) is 45.5 Å². The summed E-state index contributed by atoms with van der Waals surface area (Å²) in [4.78, 5) is 108. The van der Waals surface area contributed by atoms with Gasteiger partial charge in [-0.15, -0.1) is 5.10 Å². The summed E-state index contributed by atoms with van der Waals surface area (Å²) >= 11 is 0. The van der Waals surface area contributed by atoms with Gasteiger partial charge in [-0.05, 0) is 36.1 Å². The van der Waals surface area contributed by atoms with E-state index in [0.717, 1.165) is 44.3 Å². The molecular weight excluding hydrogens is 925 g/mol. The Morgan fingerprint density at radius 1 is 0.662 bits per heavy atom. The first kappa shape index (κ1) is 61.0. The molecule has 25 heteroatoms. The Kier molecular flexibility index (Phi) is 33.2. The second-order valence-corrected chi connectivity index (χ2v) is 17.2. The Hall–Kier alpha value is -6.08. The molecule has 0 fully saturated rings. The van der Waals surface area contributed by atoms with Crippen LogP contribution < -0.4 is 43.0 Å². The average molecular weight is 1010 g/mol. The number of amides is 8. The Balaban J connectivity index is 1.60. The van der Waals surface area contributed by atoms with Crippen LogP contribution >= 0.6 is 0 Å². The molecule has 0 bridgehead atoms. The number of hydrogen-bond donors (Lipinski definition) is 11. The van der Waals surface area contributed by atoms with Gasteiger partial charge in [0.05, 0.1) is 45.0 Å². The second-order valence-electron chi connectivity index (χ2n) is 17.2. The third kappa shape index (κ3) is 29.6. The zero-order valence-corrected chi connectivity index (χ0v) is 41.7. The number of carbonyl (C=O) groups excluding carboxylic acids is 8. The molecule has 0 aliphatic heterocycles. The molecule has 0 unspecified atom stereocenters. The highest BCUT2D eigenvalue weighted by Crippen LogP contribution is 2.14. The van der Waals surface area contributed by atoms with E-state index in [0.29, 0.717) is 31.5 Å². The first-order chi connectivity index (χ1) is 34.4.